The third-order valence-corrected chi connectivity index (χ3v) is 3.33. The minimum absolute atomic E-state index is 0.257. The molecule has 2 aromatic rings. The van der Waals surface area contributed by atoms with Crippen molar-refractivity contribution in [2.45, 2.75) is 39.0 Å². The van der Waals surface area contributed by atoms with E-state index in [1.54, 1.807) is 14.0 Å². The maximum Gasteiger partial charge on any atom is 0.223 e. The lowest BCUT2D eigenvalue weighted by Gasteiger charge is -2.11. The van der Waals surface area contributed by atoms with Gasteiger partial charge in [0.15, 0.2) is 18.1 Å². The van der Waals surface area contributed by atoms with E-state index in [-0.39, 0.29) is 6.61 Å². The average Bonchev–Trinajstić information content (AvgIpc) is 3.24. The third-order valence-electron chi connectivity index (χ3n) is 3.33. The second kappa shape index (κ2) is 6.13. The molecular weight excluding hydrogens is 270 g/mol. The van der Waals surface area contributed by atoms with Crippen LogP contribution in [0.4, 0.5) is 0 Å². The monoisotopic (exact) mass is 289 g/mol. The molecule has 6 nitrogen and oxygen atoms in total. The van der Waals surface area contributed by atoms with Crippen LogP contribution < -0.4 is 14.8 Å². The van der Waals surface area contributed by atoms with E-state index >= 15 is 0 Å². The van der Waals surface area contributed by atoms with Gasteiger partial charge in [-0.25, -0.2) is 0 Å². The molecule has 21 heavy (non-hydrogen) atoms. The van der Waals surface area contributed by atoms with Gasteiger partial charge in [0.1, 0.15) is 0 Å². The van der Waals surface area contributed by atoms with Crippen molar-refractivity contribution >= 4 is 0 Å². The van der Waals surface area contributed by atoms with Crippen molar-refractivity contribution in [2.75, 3.05) is 7.11 Å². The molecule has 0 spiro atoms. The lowest BCUT2D eigenvalue weighted by molar-refractivity contribution is 0.269. The topological polar surface area (TPSA) is 69.4 Å². The average molecular weight is 289 g/mol. The van der Waals surface area contributed by atoms with Crippen molar-refractivity contribution < 1.29 is 14.0 Å². The largest absolute Gasteiger partial charge is 0.493 e. The first kappa shape index (κ1) is 13.9. The molecule has 6 heteroatoms. The van der Waals surface area contributed by atoms with Crippen LogP contribution in [0.15, 0.2) is 22.7 Å². The molecule has 3 rings (SSSR count). The minimum Gasteiger partial charge on any atom is -0.493 e. The van der Waals surface area contributed by atoms with Crippen LogP contribution in [0.2, 0.25) is 0 Å². The number of hydrogen-bond donors (Lipinski definition) is 1. The van der Waals surface area contributed by atoms with Gasteiger partial charge in [-0.1, -0.05) is 11.2 Å². The molecule has 1 aliphatic rings. The van der Waals surface area contributed by atoms with Gasteiger partial charge >= 0.3 is 0 Å². The maximum atomic E-state index is 5.69. The van der Waals surface area contributed by atoms with Crippen LogP contribution in [0.5, 0.6) is 11.5 Å². The Morgan fingerprint density at radius 1 is 1.33 bits per heavy atom. The number of hydrogen-bond acceptors (Lipinski definition) is 6. The second-order valence-corrected chi connectivity index (χ2v) is 5.16. The van der Waals surface area contributed by atoms with Crippen molar-refractivity contribution in [2.24, 2.45) is 0 Å². The van der Waals surface area contributed by atoms with Crippen LogP contribution in [0, 0.1) is 6.92 Å². The zero-order valence-corrected chi connectivity index (χ0v) is 12.3. The maximum absolute atomic E-state index is 5.69. The van der Waals surface area contributed by atoms with Gasteiger partial charge < -0.3 is 19.3 Å². The van der Waals surface area contributed by atoms with Crippen LogP contribution in [0.25, 0.3) is 0 Å². The smallest absolute Gasteiger partial charge is 0.223 e. The van der Waals surface area contributed by atoms with Gasteiger partial charge in [-0.2, -0.15) is 4.98 Å². The molecule has 0 aliphatic heterocycles. The minimum atomic E-state index is 0.257. The van der Waals surface area contributed by atoms with Gasteiger partial charge in [0.25, 0.3) is 0 Å². The SMILES string of the molecule is COc1cc(CNC2CC2)ccc1OCc1noc(C)n1. The standard InChI is InChI=1S/C15H19N3O3/c1-10-17-15(18-21-10)9-20-13-6-3-11(7-14(13)19-2)8-16-12-4-5-12/h3,6-7,12,16H,4-5,8-9H2,1-2H3. The highest BCUT2D eigenvalue weighted by Crippen LogP contribution is 2.29. The Kier molecular flexibility index (Phi) is 4.06. The summed E-state index contributed by atoms with van der Waals surface area (Å²) in [6.07, 6.45) is 2.56. The lowest BCUT2D eigenvalue weighted by Crippen LogP contribution is -2.15. The fourth-order valence-electron chi connectivity index (χ4n) is 2.03. The fraction of sp³-hybridized carbons (Fsp3) is 0.467. The Morgan fingerprint density at radius 3 is 2.86 bits per heavy atom. The summed E-state index contributed by atoms with van der Waals surface area (Å²) in [5, 5.41) is 7.27. The van der Waals surface area contributed by atoms with Gasteiger partial charge in [-0.3, -0.25) is 0 Å². The molecular formula is C15H19N3O3. The Morgan fingerprint density at radius 2 is 2.19 bits per heavy atom. The predicted molar refractivity (Wildman–Crippen MR) is 76.2 cm³/mol. The first-order valence-corrected chi connectivity index (χ1v) is 7.07. The summed E-state index contributed by atoms with van der Waals surface area (Å²) in [6.45, 7) is 2.86. The highest BCUT2D eigenvalue weighted by atomic mass is 16.5. The summed E-state index contributed by atoms with van der Waals surface area (Å²) in [7, 11) is 1.64. The Balaban J connectivity index is 1.63. The number of ether oxygens (including phenoxy) is 2. The Labute approximate surface area is 123 Å². The number of nitrogens with one attached hydrogen (secondary N) is 1. The second-order valence-electron chi connectivity index (χ2n) is 5.16. The summed E-state index contributed by atoms with van der Waals surface area (Å²) in [5.74, 6) is 2.44. The molecule has 0 radical (unpaired) electrons. The fourth-order valence-corrected chi connectivity index (χ4v) is 2.03. The highest BCUT2D eigenvalue weighted by molar-refractivity contribution is 5.43. The van der Waals surface area contributed by atoms with Crippen molar-refractivity contribution in [1.29, 1.82) is 0 Å². The summed E-state index contributed by atoms with van der Waals surface area (Å²) in [5.41, 5.74) is 1.18. The van der Waals surface area contributed by atoms with E-state index in [0.717, 1.165) is 6.54 Å². The van der Waals surface area contributed by atoms with Crippen LogP contribution in [0.3, 0.4) is 0 Å². The van der Waals surface area contributed by atoms with Crippen LogP contribution in [-0.4, -0.2) is 23.3 Å². The van der Waals surface area contributed by atoms with E-state index in [9.17, 15) is 0 Å². The zero-order chi connectivity index (χ0) is 14.7. The summed E-state index contributed by atoms with van der Waals surface area (Å²) < 4.78 is 16.0. The van der Waals surface area contributed by atoms with E-state index < -0.39 is 0 Å². The molecule has 0 amide bonds. The number of rotatable bonds is 7. The van der Waals surface area contributed by atoms with Crippen molar-refractivity contribution in [3.63, 3.8) is 0 Å². The van der Waals surface area contributed by atoms with Crippen molar-refractivity contribution in [3.8, 4) is 11.5 Å². The van der Waals surface area contributed by atoms with E-state index in [1.807, 2.05) is 18.2 Å². The first-order chi connectivity index (χ1) is 10.2. The van der Waals surface area contributed by atoms with E-state index in [4.69, 9.17) is 14.0 Å². The van der Waals surface area contributed by atoms with Crippen molar-refractivity contribution in [3.05, 3.63) is 35.5 Å². The van der Waals surface area contributed by atoms with Gasteiger partial charge in [0.2, 0.25) is 11.7 Å². The molecule has 1 N–H and O–H groups in total. The Hall–Kier alpha value is -2.08. The van der Waals surface area contributed by atoms with Crippen LogP contribution in [0.1, 0.15) is 30.1 Å². The van der Waals surface area contributed by atoms with Crippen LogP contribution >= 0.6 is 0 Å². The molecule has 1 heterocycles. The molecule has 1 aliphatic carbocycles. The highest BCUT2D eigenvalue weighted by Gasteiger charge is 2.20. The molecule has 0 bridgehead atoms. The molecule has 112 valence electrons. The third kappa shape index (κ3) is 3.72. The molecule has 0 unspecified atom stereocenters. The van der Waals surface area contributed by atoms with Crippen molar-refractivity contribution in [1.82, 2.24) is 15.5 Å². The van der Waals surface area contributed by atoms with E-state index in [2.05, 4.69) is 15.5 Å². The quantitative estimate of drug-likeness (QED) is 0.843. The Bertz CT molecular complexity index is 608. The summed E-state index contributed by atoms with van der Waals surface area (Å²) in [6, 6.07) is 6.63. The van der Waals surface area contributed by atoms with Gasteiger partial charge in [-0.05, 0) is 30.5 Å². The summed E-state index contributed by atoms with van der Waals surface area (Å²) in [4.78, 5) is 4.10. The molecule has 1 aromatic carbocycles. The molecule has 1 fully saturated rings. The number of nitrogens with zero attached hydrogens (tertiary/aromatic N) is 2. The van der Waals surface area contributed by atoms with Gasteiger partial charge in [0.05, 0.1) is 7.11 Å². The van der Waals surface area contributed by atoms with Crippen LogP contribution in [-0.2, 0) is 13.2 Å². The number of aromatic nitrogens is 2. The van der Waals surface area contributed by atoms with E-state index in [1.165, 1.54) is 18.4 Å². The normalized spacial score (nSPS) is 14.2. The van der Waals surface area contributed by atoms with Gasteiger partial charge in [0, 0.05) is 19.5 Å². The molecule has 0 saturated heterocycles. The summed E-state index contributed by atoms with van der Waals surface area (Å²) >= 11 is 0. The number of methoxy groups -OCH3 is 1. The lowest BCUT2D eigenvalue weighted by atomic mass is 10.2. The first-order valence-electron chi connectivity index (χ1n) is 7.07. The molecule has 1 saturated carbocycles. The van der Waals surface area contributed by atoms with Gasteiger partial charge in [-0.15, -0.1) is 0 Å². The number of benzene rings is 1. The van der Waals surface area contributed by atoms with E-state index in [0.29, 0.717) is 29.3 Å². The number of aryl methyl sites for hydroxylation is 1. The zero-order valence-electron chi connectivity index (χ0n) is 12.3. The molecule has 0 atom stereocenters. The molecule has 1 aromatic heterocycles. The predicted octanol–water partition coefficient (Wildman–Crippen LogP) is 2.22.